The fourth-order valence-electron chi connectivity index (χ4n) is 2.49. The van der Waals surface area contributed by atoms with Crippen LogP contribution in [0.1, 0.15) is 19.3 Å². The zero-order chi connectivity index (χ0) is 12.5. The number of sulfonamides is 1. The van der Waals surface area contributed by atoms with Gasteiger partial charge in [0, 0.05) is 25.6 Å². The van der Waals surface area contributed by atoms with Gasteiger partial charge >= 0.3 is 0 Å². The molecule has 0 spiro atoms. The van der Waals surface area contributed by atoms with Gasteiger partial charge in [-0.3, -0.25) is 4.79 Å². The number of hydrogen-bond donors (Lipinski definition) is 2. The van der Waals surface area contributed by atoms with E-state index in [1.54, 1.807) is 0 Å². The van der Waals surface area contributed by atoms with E-state index in [9.17, 15) is 13.2 Å². The number of amides is 1. The van der Waals surface area contributed by atoms with E-state index in [4.69, 9.17) is 5.73 Å². The molecular weight excluding hydrogens is 242 g/mol. The Labute approximate surface area is 102 Å². The van der Waals surface area contributed by atoms with Gasteiger partial charge in [0.15, 0.2) is 0 Å². The molecule has 0 saturated carbocycles. The van der Waals surface area contributed by atoms with E-state index < -0.39 is 10.0 Å². The van der Waals surface area contributed by atoms with Gasteiger partial charge in [0.2, 0.25) is 15.9 Å². The van der Waals surface area contributed by atoms with Crippen LogP contribution < -0.4 is 11.1 Å². The molecule has 0 aromatic rings. The lowest BCUT2D eigenvalue weighted by atomic mass is 9.98. The van der Waals surface area contributed by atoms with E-state index in [1.165, 1.54) is 4.31 Å². The molecule has 1 unspecified atom stereocenters. The second-order valence-corrected chi connectivity index (χ2v) is 6.95. The highest BCUT2D eigenvalue weighted by Gasteiger charge is 2.36. The Morgan fingerprint density at radius 2 is 1.88 bits per heavy atom. The molecule has 1 amide bonds. The average molecular weight is 261 g/mol. The van der Waals surface area contributed by atoms with Gasteiger partial charge in [0.05, 0.1) is 5.25 Å². The number of primary amides is 1. The standard InChI is InChI=1S/C10H19N3O3S/c11-10(14)8-2-5-13(6-3-8)17(15,16)9-1-4-12-7-9/h8-9,12H,1-7H2,(H2,11,14). The van der Waals surface area contributed by atoms with Crippen LogP contribution in [0.25, 0.3) is 0 Å². The molecule has 7 heteroatoms. The van der Waals surface area contributed by atoms with Crippen LogP contribution in [0.4, 0.5) is 0 Å². The molecule has 1 atom stereocenters. The fourth-order valence-corrected chi connectivity index (χ4v) is 4.37. The van der Waals surface area contributed by atoms with Crippen LogP contribution in [-0.2, 0) is 14.8 Å². The molecule has 2 heterocycles. The van der Waals surface area contributed by atoms with Gasteiger partial charge in [-0.15, -0.1) is 0 Å². The van der Waals surface area contributed by atoms with Crippen LogP contribution in [0, 0.1) is 5.92 Å². The van der Waals surface area contributed by atoms with Gasteiger partial charge in [-0.05, 0) is 25.8 Å². The van der Waals surface area contributed by atoms with Crippen molar-refractivity contribution in [2.75, 3.05) is 26.2 Å². The largest absolute Gasteiger partial charge is 0.369 e. The number of hydrogen-bond acceptors (Lipinski definition) is 4. The van der Waals surface area contributed by atoms with Gasteiger partial charge in [-0.1, -0.05) is 0 Å². The SMILES string of the molecule is NC(=O)C1CCN(S(=O)(=O)C2CCNC2)CC1. The van der Waals surface area contributed by atoms with Crippen molar-refractivity contribution < 1.29 is 13.2 Å². The number of carbonyl (C=O) groups is 1. The van der Waals surface area contributed by atoms with E-state index >= 15 is 0 Å². The summed E-state index contributed by atoms with van der Waals surface area (Å²) in [5.74, 6) is -0.479. The number of carbonyl (C=O) groups excluding carboxylic acids is 1. The summed E-state index contributed by atoms with van der Waals surface area (Å²) in [5, 5.41) is 2.77. The molecule has 0 bridgehead atoms. The van der Waals surface area contributed by atoms with Gasteiger partial charge in [-0.25, -0.2) is 12.7 Å². The lowest BCUT2D eigenvalue weighted by molar-refractivity contribution is -0.122. The normalized spacial score (nSPS) is 28.4. The molecule has 2 fully saturated rings. The minimum Gasteiger partial charge on any atom is -0.369 e. The number of rotatable bonds is 3. The molecule has 0 aromatic carbocycles. The zero-order valence-electron chi connectivity index (χ0n) is 9.76. The van der Waals surface area contributed by atoms with E-state index in [0.29, 0.717) is 38.9 Å². The molecule has 0 aliphatic carbocycles. The van der Waals surface area contributed by atoms with Crippen LogP contribution in [0.5, 0.6) is 0 Å². The predicted molar refractivity (Wildman–Crippen MR) is 63.7 cm³/mol. The van der Waals surface area contributed by atoms with Crippen LogP contribution in [0.15, 0.2) is 0 Å². The number of piperidine rings is 1. The molecular formula is C10H19N3O3S. The van der Waals surface area contributed by atoms with E-state index in [1.807, 2.05) is 0 Å². The maximum Gasteiger partial charge on any atom is 0.220 e. The molecule has 98 valence electrons. The Balaban J connectivity index is 1.98. The van der Waals surface area contributed by atoms with Crippen molar-refractivity contribution in [2.45, 2.75) is 24.5 Å². The summed E-state index contributed by atoms with van der Waals surface area (Å²) < 4.78 is 26.0. The molecule has 17 heavy (non-hydrogen) atoms. The van der Waals surface area contributed by atoms with Crippen LogP contribution in [0.3, 0.4) is 0 Å². The topological polar surface area (TPSA) is 92.5 Å². The van der Waals surface area contributed by atoms with Crippen molar-refractivity contribution in [3.63, 3.8) is 0 Å². The van der Waals surface area contributed by atoms with Gasteiger partial charge < -0.3 is 11.1 Å². The molecule has 0 aromatic heterocycles. The molecule has 6 nitrogen and oxygen atoms in total. The van der Waals surface area contributed by atoms with Crippen molar-refractivity contribution in [1.82, 2.24) is 9.62 Å². The number of nitrogens with one attached hydrogen (secondary N) is 1. The molecule has 3 N–H and O–H groups in total. The van der Waals surface area contributed by atoms with Gasteiger partial charge in [0.25, 0.3) is 0 Å². The summed E-state index contributed by atoms with van der Waals surface area (Å²) in [5.41, 5.74) is 5.23. The lowest BCUT2D eigenvalue weighted by Gasteiger charge is -2.31. The molecule has 2 rings (SSSR count). The quantitative estimate of drug-likeness (QED) is 0.673. The maximum absolute atomic E-state index is 12.2. The number of nitrogens with two attached hydrogens (primary N) is 1. The summed E-state index contributed by atoms with van der Waals surface area (Å²) in [4.78, 5) is 11.0. The van der Waals surface area contributed by atoms with Crippen molar-refractivity contribution in [3.8, 4) is 0 Å². The molecule has 0 radical (unpaired) electrons. The fraction of sp³-hybridized carbons (Fsp3) is 0.900. The van der Waals surface area contributed by atoms with E-state index in [0.717, 1.165) is 6.54 Å². The first-order chi connectivity index (χ1) is 8.01. The van der Waals surface area contributed by atoms with Crippen molar-refractivity contribution in [3.05, 3.63) is 0 Å². The van der Waals surface area contributed by atoms with Crippen LogP contribution in [-0.4, -0.2) is 50.1 Å². The second-order valence-electron chi connectivity index (χ2n) is 4.74. The first-order valence-electron chi connectivity index (χ1n) is 6.01. The Kier molecular flexibility index (Phi) is 3.70. The third-order valence-corrected chi connectivity index (χ3v) is 5.98. The summed E-state index contributed by atoms with van der Waals surface area (Å²) >= 11 is 0. The Morgan fingerprint density at radius 3 is 2.35 bits per heavy atom. The first-order valence-corrected chi connectivity index (χ1v) is 7.51. The first kappa shape index (κ1) is 12.8. The Morgan fingerprint density at radius 1 is 1.24 bits per heavy atom. The minimum atomic E-state index is -3.19. The van der Waals surface area contributed by atoms with E-state index in [-0.39, 0.29) is 17.1 Å². The lowest BCUT2D eigenvalue weighted by Crippen LogP contribution is -2.45. The molecule has 2 saturated heterocycles. The highest BCUT2D eigenvalue weighted by atomic mass is 32.2. The average Bonchev–Trinajstić information content (AvgIpc) is 2.83. The van der Waals surface area contributed by atoms with Gasteiger partial charge in [0.1, 0.15) is 0 Å². The third kappa shape index (κ3) is 2.61. The summed E-state index contributed by atoms with van der Waals surface area (Å²) in [6.45, 7) is 2.15. The molecule has 2 aliphatic heterocycles. The van der Waals surface area contributed by atoms with Crippen LogP contribution >= 0.6 is 0 Å². The minimum absolute atomic E-state index is 0.164. The van der Waals surface area contributed by atoms with Gasteiger partial charge in [-0.2, -0.15) is 0 Å². The third-order valence-electron chi connectivity index (χ3n) is 3.65. The zero-order valence-corrected chi connectivity index (χ0v) is 10.6. The maximum atomic E-state index is 12.2. The smallest absolute Gasteiger partial charge is 0.220 e. The monoisotopic (exact) mass is 261 g/mol. The van der Waals surface area contributed by atoms with Crippen molar-refractivity contribution in [1.29, 1.82) is 0 Å². The second kappa shape index (κ2) is 4.91. The Bertz CT molecular complexity index is 382. The molecule has 2 aliphatic rings. The van der Waals surface area contributed by atoms with E-state index in [2.05, 4.69) is 5.32 Å². The highest BCUT2D eigenvalue weighted by molar-refractivity contribution is 7.89. The van der Waals surface area contributed by atoms with Crippen molar-refractivity contribution in [2.24, 2.45) is 11.7 Å². The predicted octanol–water partition coefficient (Wildman–Crippen LogP) is -1.12. The Hall–Kier alpha value is -0.660. The van der Waals surface area contributed by atoms with Crippen LogP contribution in [0.2, 0.25) is 0 Å². The van der Waals surface area contributed by atoms with Crippen molar-refractivity contribution >= 4 is 15.9 Å². The summed E-state index contributed by atoms with van der Waals surface area (Å²) in [7, 11) is -3.19. The highest BCUT2D eigenvalue weighted by Crippen LogP contribution is 2.23. The summed E-state index contributed by atoms with van der Waals surface area (Å²) in [6, 6.07) is 0. The number of nitrogens with zero attached hydrogens (tertiary/aromatic N) is 1. The summed E-state index contributed by atoms with van der Waals surface area (Å²) in [6.07, 6.45) is 1.78.